The van der Waals surface area contributed by atoms with E-state index in [0.717, 1.165) is 16.7 Å². The minimum Gasteiger partial charge on any atom is -0.467 e. The molecule has 3 rings (SSSR count). The van der Waals surface area contributed by atoms with Crippen LogP contribution in [-0.2, 0) is 0 Å². The number of nitrogens with zero attached hydrogens (tertiary/aromatic N) is 2. The van der Waals surface area contributed by atoms with Crippen LogP contribution in [0.15, 0.2) is 47.2 Å². The van der Waals surface area contributed by atoms with E-state index in [-0.39, 0.29) is 11.9 Å². The van der Waals surface area contributed by atoms with Crippen molar-refractivity contribution in [1.29, 1.82) is 0 Å². The third-order valence-corrected chi connectivity index (χ3v) is 3.56. The molecule has 5 nitrogen and oxygen atoms in total. The van der Waals surface area contributed by atoms with Crippen LogP contribution in [0.1, 0.15) is 29.1 Å². The molecule has 0 fully saturated rings. The Labute approximate surface area is 116 Å². The number of amides is 1. The van der Waals surface area contributed by atoms with Crippen LogP contribution >= 0.6 is 0 Å². The van der Waals surface area contributed by atoms with Crippen LogP contribution in [0.5, 0.6) is 0 Å². The highest BCUT2D eigenvalue weighted by Gasteiger charge is 2.22. The lowest BCUT2D eigenvalue weighted by Gasteiger charge is -2.23. The maximum atomic E-state index is 12.6. The quantitative estimate of drug-likeness (QED) is 0.795. The van der Waals surface area contributed by atoms with Crippen LogP contribution in [0.3, 0.4) is 0 Å². The molecule has 1 unspecified atom stereocenters. The van der Waals surface area contributed by atoms with Crippen molar-refractivity contribution in [1.82, 2.24) is 15.1 Å². The second kappa shape index (κ2) is 4.85. The zero-order chi connectivity index (χ0) is 14.1. The molecule has 0 saturated heterocycles. The first-order valence-corrected chi connectivity index (χ1v) is 6.41. The van der Waals surface area contributed by atoms with Crippen molar-refractivity contribution >= 4 is 16.8 Å². The number of rotatable bonds is 3. The molecule has 3 aromatic rings. The van der Waals surface area contributed by atoms with Crippen molar-refractivity contribution in [2.75, 3.05) is 7.05 Å². The van der Waals surface area contributed by atoms with Crippen molar-refractivity contribution in [3.8, 4) is 0 Å². The molecule has 1 N–H and O–H groups in total. The molecule has 1 aromatic carbocycles. The van der Waals surface area contributed by atoms with Crippen LogP contribution in [0.25, 0.3) is 10.9 Å². The van der Waals surface area contributed by atoms with Gasteiger partial charge in [-0.05, 0) is 25.1 Å². The van der Waals surface area contributed by atoms with Gasteiger partial charge < -0.3 is 9.32 Å². The predicted octanol–water partition coefficient (Wildman–Crippen LogP) is 2.99. The van der Waals surface area contributed by atoms with Gasteiger partial charge in [-0.25, -0.2) is 0 Å². The summed E-state index contributed by atoms with van der Waals surface area (Å²) in [5.74, 6) is 0.696. The second-order valence-electron chi connectivity index (χ2n) is 4.75. The Bertz CT molecular complexity index is 731. The van der Waals surface area contributed by atoms with Gasteiger partial charge in [0, 0.05) is 12.4 Å². The van der Waals surface area contributed by atoms with Crippen LogP contribution in [0.4, 0.5) is 0 Å². The fraction of sp³-hybridized carbons (Fsp3) is 0.200. The van der Waals surface area contributed by atoms with Gasteiger partial charge in [-0.2, -0.15) is 5.10 Å². The molecule has 0 aliphatic carbocycles. The Kier molecular flexibility index (Phi) is 3.02. The summed E-state index contributed by atoms with van der Waals surface area (Å²) in [4.78, 5) is 14.3. The highest BCUT2D eigenvalue weighted by Crippen LogP contribution is 2.23. The fourth-order valence-electron chi connectivity index (χ4n) is 2.23. The maximum Gasteiger partial charge on any atom is 0.256 e. The number of hydrogen-bond acceptors (Lipinski definition) is 3. The van der Waals surface area contributed by atoms with Gasteiger partial charge in [0.1, 0.15) is 5.76 Å². The molecule has 0 radical (unpaired) electrons. The molecule has 2 heterocycles. The normalized spacial score (nSPS) is 12.5. The lowest BCUT2D eigenvalue weighted by Crippen LogP contribution is -2.29. The van der Waals surface area contributed by atoms with Gasteiger partial charge in [0.05, 0.1) is 29.6 Å². The third kappa shape index (κ3) is 1.97. The molecule has 0 spiro atoms. The van der Waals surface area contributed by atoms with Gasteiger partial charge in [-0.3, -0.25) is 9.89 Å². The number of H-pyrrole nitrogens is 1. The molecule has 5 heteroatoms. The zero-order valence-electron chi connectivity index (χ0n) is 11.3. The van der Waals surface area contributed by atoms with Crippen LogP contribution in [-0.4, -0.2) is 28.1 Å². The number of aromatic nitrogens is 2. The van der Waals surface area contributed by atoms with Crippen molar-refractivity contribution in [2.24, 2.45) is 0 Å². The number of para-hydroxylation sites is 1. The Balaban J connectivity index is 1.94. The minimum atomic E-state index is -0.129. The van der Waals surface area contributed by atoms with E-state index >= 15 is 0 Å². The molecule has 0 aliphatic rings. The molecule has 0 saturated carbocycles. The van der Waals surface area contributed by atoms with Gasteiger partial charge in [0.2, 0.25) is 0 Å². The van der Waals surface area contributed by atoms with E-state index in [1.807, 2.05) is 31.2 Å². The number of fused-ring (bicyclic) bond motifs is 1. The average molecular weight is 269 g/mol. The van der Waals surface area contributed by atoms with Crippen LogP contribution in [0, 0.1) is 0 Å². The molecule has 2 aromatic heterocycles. The Morgan fingerprint density at radius 2 is 2.20 bits per heavy atom. The van der Waals surface area contributed by atoms with Crippen molar-refractivity contribution in [3.05, 3.63) is 54.1 Å². The summed E-state index contributed by atoms with van der Waals surface area (Å²) in [7, 11) is 1.77. The van der Waals surface area contributed by atoms with E-state index in [2.05, 4.69) is 10.2 Å². The number of furan rings is 1. The third-order valence-electron chi connectivity index (χ3n) is 3.56. The molecule has 102 valence electrons. The number of aromatic amines is 1. The summed E-state index contributed by atoms with van der Waals surface area (Å²) >= 11 is 0. The summed E-state index contributed by atoms with van der Waals surface area (Å²) < 4.78 is 5.36. The predicted molar refractivity (Wildman–Crippen MR) is 75.3 cm³/mol. The first-order chi connectivity index (χ1) is 9.68. The highest BCUT2D eigenvalue weighted by molar-refractivity contribution is 6.05. The van der Waals surface area contributed by atoms with Gasteiger partial charge >= 0.3 is 0 Å². The number of carbonyl (C=O) groups excluding carboxylic acids is 1. The Morgan fingerprint density at radius 1 is 1.35 bits per heavy atom. The molecular weight excluding hydrogens is 254 g/mol. The highest BCUT2D eigenvalue weighted by atomic mass is 16.3. The van der Waals surface area contributed by atoms with E-state index < -0.39 is 0 Å². The Morgan fingerprint density at radius 3 is 2.95 bits per heavy atom. The lowest BCUT2D eigenvalue weighted by molar-refractivity contribution is 0.0728. The van der Waals surface area contributed by atoms with E-state index in [0.29, 0.717) is 5.56 Å². The Hall–Kier alpha value is -2.56. The fourth-order valence-corrected chi connectivity index (χ4v) is 2.23. The summed E-state index contributed by atoms with van der Waals surface area (Å²) in [6.45, 7) is 1.93. The monoisotopic (exact) mass is 269 g/mol. The number of nitrogens with one attached hydrogen (secondary N) is 1. The first kappa shape index (κ1) is 12.5. The molecule has 0 bridgehead atoms. The summed E-state index contributed by atoms with van der Waals surface area (Å²) in [6, 6.07) is 9.14. The molecule has 20 heavy (non-hydrogen) atoms. The van der Waals surface area contributed by atoms with Gasteiger partial charge in [-0.15, -0.1) is 0 Å². The summed E-state index contributed by atoms with van der Waals surface area (Å²) in [6.07, 6.45) is 3.32. The largest absolute Gasteiger partial charge is 0.467 e. The van der Waals surface area contributed by atoms with E-state index in [1.165, 1.54) is 0 Å². The SMILES string of the molecule is CC(c1ccco1)N(C)C(=O)c1cccc2cn[nH]c12. The standard InChI is InChI=1S/C15H15N3O2/c1-10(13-7-4-8-20-13)18(2)15(19)12-6-3-5-11-9-16-17-14(11)12/h3-10H,1-2H3,(H,16,17). The second-order valence-corrected chi connectivity index (χ2v) is 4.75. The van der Waals surface area contributed by atoms with Crippen LogP contribution < -0.4 is 0 Å². The summed E-state index contributed by atoms with van der Waals surface area (Å²) in [5.41, 5.74) is 1.37. The van der Waals surface area contributed by atoms with Crippen LogP contribution in [0.2, 0.25) is 0 Å². The van der Waals surface area contributed by atoms with Crippen molar-refractivity contribution in [3.63, 3.8) is 0 Å². The first-order valence-electron chi connectivity index (χ1n) is 6.41. The number of benzene rings is 1. The van der Waals surface area contributed by atoms with E-state index in [1.54, 1.807) is 30.5 Å². The van der Waals surface area contributed by atoms with Crippen molar-refractivity contribution < 1.29 is 9.21 Å². The molecule has 1 amide bonds. The molecule has 0 aliphatic heterocycles. The van der Waals surface area contributed by atoms with Crippen molar-refractivity contribution in [2.45, 2.75) is 13.0 Å². The average Bonchev–Trinajstić information content (AvgIpc) is 3.14. The lowest BCUT2D eigenvalue weighted by atomic mass is 10.1. The number of hydrogen-bond donors (Lipinski definition) is 1. The molecule has 1 atom stereocenters. The number of carbonyl (C=O) groups is 1. The topological polar surface area (TPSA) is 62.1 Å². The van der Waals surface area contributed by atoms with Gasteiger partial charge in [0.25, 0.3) is 5.91 Å². The van der Waals surface area contributed by atoms with E-state index in [4.69, 9.17) is 4.42 Å². The molecular formula is C15H15N3O2. The zero-order valence-corrected chi connectivity index (χ0v) is 11.3. The summed E-state index contributed by atoms with van der Waals surface area (Å²) in [5, 5.41) is 7.79. The minimum absolute atomic E-state index is 0.0660. The smallest absolute Gasteiger partial charge is 0.256 e. The van der Waals surface area contributed by atoms with E-state index in [9.17, 15) is 4.79 Å². The van der Waals surface area contributed by atoms with Gasteiger partial charge in [-0.1, -0.05) is 12.1 Å². The maximum absolute atomic E-state index is 12.6. The van der Waals surface area contributed by atoms with Gasteiger partial charge in [0.15, 0.2) is 0 Å².